The van der Waals surface area contributed by atoms with E-state index in [1.165, 1.54) is 11.3 Å². The third kappa shape index (κ3) is 3.54. The van der Waals surface area contributed by atoms with E-state index in [1.807, 2.05) is 26.0 Å². The molecule has 140 valence electrons. The number of benzene rings is 1. The van der Waals surface area contributed by atoms with Crippen LogP contribution in [0.15, 0.2) is 17.8 Å². The van der Waals surface area contributed by atoms with Crippen LogP contribution in [0.3, 0.4) is 0 Å². The molecule has 0 unspecified atom stereocenters. The van der Waals surface area contributed by atoms with Crippen molar-refractivity contribution in [3.63, 3.8) is 0 Å². The minimum Gasteiger partial charge on any atom is -0.493 e. The zero-order chi connectivity index (χ0) is 18.7. The van der Waals surface area contributed by atoms with Crippen molar-refractivity contribution >= 4 is 18.0 Å². The average molecular weight is 358 g/mol. The first-order valence-electron chi connectivity index (χ1n) is 9.22. The van der Waals surface area contributed by atoms with E-state index in [1.54, 1.807) is 13.2 Å². The van der Waals surface area contributed by atoms with Crippen LogP contribution in [0.5, 0.6) is 11.5 Å². The lowest BCUT2D eigenvalue weighted by Crippen LogP contribution is -2.41. The number of carbonyl (C=O) groups is 2. The SMILES string of the molecule is CCOc1cc(/C=C2\NC(=O)N(C3CCCCC3)C2=O)c(C)cc1OC. The first-order chi connectivity index (χ1) is 12.5. The minimum absolute atomic E-state index is 0.0121. The second kappa shape index (κ2) is 7.81. The van der Waals surface area contributed by atoms with Crippen LogP contribution in [-0.2, 0) is 4.79 Å². The molecule has 1 saturated heterocycles. The molecule has 1 aromatic rings. The number of methoxy groups -OCH3 is 1. The molecule has 1 aliphatic heterocycles. The van der Waals surface area contributed by atoms with Crippen LogP contribution in [0.2, 0.25) is 0 Å². The Balaban J connectivity index is 1.89. The Labute approximate surface area is 154 Å². The Morgan fingerprint density at radius 2 is 1.92 bits per heavy atom. The van der Waals surface area contributed by atoms with Crippen LogP contribution in [0.1, 0.15) is 50.2 Å². The third-order valence-electron chi connectivity index (χ3n) is 5.00. The fourth-order valence-corrected chi connectivity index (χ4v) is 3.64. The highest BCUT2D eigenvalue weighted by molar-refractivity contribution is 6.14. The van der Waals surface area contributed by atoms with Crippen LogP contribution in [0.4, 0.5) is 4.79 Å². The van der Waals surface area contributed by atoms with E-state index in [0.29, 0.717) is 23.8 Å². The highest BCUT2D eigenvalue weighted by Gasteiger charge is 2.39. The number of urea groups is 1. The van der Waals surface area contributed by atoms with Crippen LogP contribution >= 0.6 is 0 Å². The predicted molar refractivity (Wildman–Crippen MR) is 99.1 cm³/mol. The summed E-state index contributed by atoms with van der Waals surface area (Å²) in [6, 6.07) is 3.41. The summed E-state index contributed by atoms with van der Waals surface area (Å²) in [5, 5.41) is 2.73. The van der Waals surface area contributed by atoms with Crippen molar-refractivity contribution in [3.05, 3.63) is 29.0 Å². The molecule has 3 rings (SSSR count). The lowest BCUT2D eigenvalue weighted by molar-refractivity contribution is -0.124. The van der Waals surface area contributed by atoms with Gasteiger partial charge in [0.15, 0.2) is 11.5 Å². The topological polar surface area (TPSA) is 67.9 Å². The summed E-state index contributed by atoms with van der Waals surface area (Å²) in [5.74, 6) is 1.03. The molecule has 3 amide bonds. The van der Waals surface area contributed by atoms with Gasteiger partial charge >= 0.3 is 6.03 Å². The Hall–Kier alpha value is -2.50. The number of amides is 3. The lowest BCUT2D eigenvalue weighted by atomic mass is 9.94. The van der Waals surface area contributed by atoms with Gasteiger partial charge in [0.1, 0.15) is 5.70 Å². The molecule has 0 aromatic heterocycles. The lowest BCUT2D eigenvalue weighted by Gasteiger charge is -2.28. The van der Waals surface area contributed by atoms with Crippen molar-refractivity contribution in [1.82, 2.24) is 10.2 Å². The molecule has 1 N–H and O–H groups in total. The summed E-state index contributed by atoms with van der Waals surface area (Å²) in [7, 11) is 1.60. The number of nitrogens with one attached hydrogen (secondary N) is 1. The molecule has 26 heavy (non-hydrogen) atoms. The molecule has 6 nitrogen and oxygen atoms in total. The molecular formula is C20H26N2O4. The second-order valence-electron chi connectivity index (χ2n) is 6.75. The highest BCUT2D eigenvalue weighted by Crippen LogP contribution is 2.32. The quantitative estimate of drug-likeness (QED) is 0.645. The molecular weight excluding hydrogens is 332 g/mol. The smallest absolute Gasteiger partial charge is 0.329 e. The molecule has 6 heteroatoms. The maximum absolute atomic E-state index is 12.8. The van der Waals surface area contributed by atoms with Crippen LogP contribution in [0, 0.1) is 6.92 Å². The van der Waals surface area contributed by atoms with Gasteiger partial charge in [-0.3, -0.25) is 9.69 Å². The Morgan fingerprint density at radius 1 is 1.19 bits per heavy atom. The van der Waals surface area contributed by atoms with Crippen molar-refractivity contribution in [1.29, 1.82) is 0 Å². The maximum Gasteiger partial charge on any atom is 0.329 e. The van der Waals surface area contributed by atoms with E-state index in [2.05, 4.69) is 5.32 Å². The Morgan fingerprint density at radius 3 is 2.58 bits per heavy atom. The van der Waals surface area contributed by atoms with E-state index in [4.69, 9.17) is 9.47 Å². The Kier molecular flexibility index (Phi) is 5.49. The zero-order valence-electron chi connectivity index (χ0n) is 15.6. The summed E-state index contributed by atoms with van der Waals surface area (Å²) < 4.78 is 11.0. The summed E-state index contributed by atoms with van der Waals surface area (Å²) in [5.41, 5.74) is 2.08. The molecule has 2 fully saturated rings. The average Bonchev–Trinajstić information content (AvgIpc) is 2.92. The van der Waals surface area contributed by atoms with Gasteiger partial charge in [0.25, 0.3) is 5.91 Å². The number of hydrogen-bond donors (Lipinski definition) is 1. The maximum atomic E-state index is 12.8. The summed E-state index contributed by atoms with van der Waals surface area (Å²) in [6.07, 6.45) is 6.81. The number of nitrogens with zero attached hydrogens (tertiary/aromatic N) is 1. The van der Waals surface area contributed by atoms with Crippen molar-refractivity contribution in [3.8, 4) is 11.5 Å². The molecule has 0 atom stereocenters. The molecule has 1 saturated carbocycles. The molecule has 2 aliphatic rings. The van der Waals surface area contributed by atoms with E-state index < -0.39 is 0 Å². The van der Waals surface area contributed by atoms with E-state index >= 15 is 0 Å². The van der Waals surface area contributed by atoms with Crippen molar-refractivity contribution in [2.75, 3.05) is 13.7 Å². The third-order valence-corrected chi connectivity index (χ3v) is 5.00. The molecule has 1 aliphatic carbocycles. The van der Waals surface area contributed by atoms with Crippen LogP contribution in [0.25, 0.3) is 6.08 Å². The van der Waals surface area contributed by atoms with Gasteiger partial charge < -0.3 is 14.8 Å². The number of hydrogen-bond acceptors (Lipinski definition) is 4. The van der Waals surface area contributed by atoms with Gasteiger partial charge in [-0.1, -0.05) is 19.3 Å². The summed E-state index contributed by atoms with van der Waals surface area (Å²) in [4.78, 5) is 26.5. The van der Waals surface area contributed by atoms with Crippen molar-refractivity contribution in [2.45, 2.75) is 52.0 Å². The number of ether oxygens (including phenoxy) is 2. The summed E-state index contributed by atoms with van der Waals surface area (Å²) >= 11 is 0. The predicted octanol–water partition coefficient (Wildman–Crippen LogP) is 3.63. The number of aryl methyl sites for hydroxylation is 1. The van der Waals surface area contributed by atoms with E-state index in [9.17, 15) is 9.59 Å². The highest BCUT2D eigenvalue weighted by atomic mass is 16.5. The van der Waals surface area contributed by atoms with Gasteiger partial charge in [0.2, 0.25) is 0 Å². The number of rotatable bonds is 5. The molecule has 0 spiro atoms. The molecule has 1 heterocycles. The van der Waals surface area contributed by atoms with Crippen LogP contribution < -0.4 is 14.8 Å². The summed E-state index contributed by atoms with van der Waals surface area (Å²) in [6.45, 7) is 4.35. The van der Waals surface area contributed by atoms with E-state index in [-0.39, 0.29) is 18.0 Å². The van der Waals surface area contributed by atoms with Crippen LogP contribution in [-0.4, -0.2) is 36.6 Å². The monoisotopic (exact) mass is 358 g/mol. The second-order valence-corrected chi connectivity index (χ2v) is 6.75. The normalized spacial score (nSPS) is 19.8. The first kappa shape index (κ1) is 18.3. The minimum atomic E-state index is -0.315. The molecule has 0 radical (unpaired) electrons. The van der Waals surface area contributed by atoms with Gasteiger partial charge in [-0.2, -0.15) is 0 Å². The van der Waals surface area contributed by atoms with Gasteiger partial charge in [-0.15, -0.1) is 0 Å². The Bertz CT molecular complexity index is 736. The van der Waals surface area contributed by atoms with Crippen molar-refractivity contribution < 1.29 is 19.1 Å². The van der Waals surface area contributed by atoms with E-state index in [0.717, 1.165) is 36.8 Å². The van der Waals surface area contributed by atoms with Gasteiger partial charge in [0, 0.05) is 6.04 Å². The number of imide groups is 1. The van der Waals surface area contributed by atoms with Gasteiger partial charge in [0.05, 0.1) is 13.7 Å². The fourth-order valence-electron chi connectivity index (χ4n) is 3.64. The standard InChI is InChI=1S/C20H26N2O4/c1-4-26-18-12-14(13(2)10-17(18)25-3)11-16-19(23)22(20(24)21-16)15-8-6-5-7-9-15/h10-12,15H,4-9H2,1-3H3,(H,21,24)/b16-11-. The first-order valence-corrected chi connectivity index (χ1v) is 9.22. The zero-order valence-corrected chi connectivity index (χ0v) is 15.6. The number of carbonyl (C=O) groups excluding carboxylic acids is 2. The largest absolute Gasteiger partial charge is 0.493 e. The van der Waals surface area contributed by atoms with Gasteiger partial charge in [-0.25, -0.2) is 4.79 Å². The fraction of sp³-hybridized carbons (Fsp3) is 0.500. The van der Waals surface area contributed by atoms with Gasteiger partial charge in [-0.05, 0) is 56.0 Å². The van der Waals surface area contributed by atoms with Crippen molar-refractivity contribution in [2.24, 2.45) is 0 Å². The molecule has 1 aromatic carbocycles. The molecule has 0 bridgehead atoms.